The molecule has 152 valence electrons. The summed E-state index contributed by atoms with van der Waals surface area (Å²) in [6.07, 6.45) is -6.14. The van der Waals surface area contributed by atoms with Gasteiger partial charge in [0.05, 0.1) is 6.10 Å². The van der Waals surface area contributed by atoms with Crippen LogP contribution in [-0.2, 0) is 0 Å². The van der Waals surface area contributed by atoms with E-state index < -0.39 is 29.5 Å². The van der Waals surface area contributed by atoms with E-state index in [0.29, 0.717) is 25.7 Å². The van der Waals surface area contributed by atoms with Crippen molar-refractivity contribution in [3.8, 4) is 11.8 Å². The van der Waals surface area contributed by atoms with Gasteiger partial charge in [-0.2, -0.15) is 26.3 Å². The zero-order chi connectivity index (χ0) is 20.3. The Labute approximate surface area is 153 Å². The molecule has 0 aliphatic heterocycles. The molecule has 3 rings (SSSR count). The number of aliphatic hydroxyl groups excluding tert-OH is 1. The van der Waals surface area contributed by atoms with E-state index in [4.69, 9.17) is 5.11 Å². The molecule has 0 radical (unpaired) electrons. The predicted octanol–water partition coefficient (Wildman–Crippen LogP) is 4.51. The SMILES string of the molecule is C[C@@]12CCC[C@H](O)[C@@H]1CC=C2C1(CC#CC(O)(C(F)(F)F)C(F)(F)F)CC1. The highest BCUT2D eigenvalue weighted by atomic mass is 19.4. The number of hydrogen-bond donors (Lipinski definition) is 2. The lowest BCUT2D eigenvalue weighted by Gasteiger charge is -2.44. The van der Waals surface area contributed by atoms with Crippen LogP contribution in [0.3, 0.4) is 0 Å². The van der Waals surface area contributed by atoms with Gasteiger partial charge in [0.2, 0.25) is 0 Å². The van der Waals surface area contributed by atoms with Crippen molar-refractivity contribution in [2.45, 2.75) is 75.9 Å². The third-order valence-electron chi connectivity index (χ3n) is 6.61. The van der Waals surface area contributed by atoms with Crippen LogP contribution in [0.25, 0.3) is 0 Å². The summed E-state index contributed by atoms with van der Waals surface area (Å²) in [6.45, 7) is 2.02. The van der Waals surface area contributed by atoms with Gasteiger partial charge < -0.3 is 10.2 Å². The van der Waals surface area contributed by atoms with Crippen LogP contribution in [-0.4, -0.2) is 34.3 Å². The van der Waals surface area contributed by atoms with Crippen LogP contribution < -0.4 is 0 Å². The number of rotatable bonds is 2. The van der Waals surface area contributed by atoms with Crippen LogP contribution in [0.2, 0.25) is 0 Å². The average molecular weight is 396 g/mol. The van der Waals surface area contributed by atoms with Gasteiger partial charge in [-0.25, -0.2) is 0 Å². The van der Waals surface area contributed by atoms with E-state index in [-0.39, 0.29) is 17.8 Å². The first-order valence-corrected chi connectivity index (χ1v) is 9.02. The summed E-state index contributed by atoms with van der Waals surface area (Å²) in [5, 5.41) is 19.4. The molecule has 2 saturated carbocycles. The van der Waals surface area contributed by atoms with Crippen molar-refractivity contribution >= 4 is 0 Å². The van der Waals surface area contributed by atoms with E-state index in [1.807, 2.05) is 18.9 Å². The Morgan fingerprint density at radius 1 is 1.11 bits per heavy atom. The van der Waals surface area contributed by atoms with Crippen molar-refractivity contribution in [2.75, 3.05) is 0 Å². The van der Waals surface area contributed by atoms with Crippen LogP contribution in [0.4, 0.5) is 26.3 Å². The quantitative estimate of drug-likeness (QED) is 0.410. The first kappa shape index (κ1) is 20.5. The third kappa shape index (κ3) is 3.17. The molecular formula is C19H22F6O2. The lowest BCUT2D eigenvalue weighted by molar-refractivity contribution is -0.343. The first-order valence-electron chi connectivity index (χ1n) is 9.02. The Balaban J connectivity index is 1.83. The summed E-state index contributed by atoms with van der Waals surface area (Å²) in [4.78, 5) is 0. The molecule has 2 N–H and O–H groups in total. The average Bonchev–Trinajstić information content (AvgIpc) is 3.19. The Hall–Kier alpha value is -1.20. The van der Waals surface area contributed by atoms with Gasteiger partial charge in [-0.15, -0.1) is 0 Å². The molecule has 0 bridgehead atoms. The fourth-order valence-corrected chi connectivity index (χ4v) is 4.88. The maximum Gasteiger partial charge on any atom is 0.438 e. The normalized spacial score (nSPS) is 33.0. The molecule has 3 aliphatic rings. The van der Waals surface area contributed by atoms with Crippen LogP contribution >= 0.6 is 0 Å². The van der Waals surface area contributed by atoms with Gasteiger partial charge >= 0.3 is 18.0 Å². The molecule has 0 spiro atoms. The minimum atomic E-state index is -5.92. The van der Waals surface area contributed by atoms with Crippen molar-refractivity contribution in [3.63, 3.8) is 0 Å². The number of halogens is 6. The number of allylic oxidation sites excluding steroid dienone is 2. The van der Waals surface area contributed by atoms with Crippen molar-refractivity contribution < 1.29 is 36.6 Å². The molecule has 2 nitrogen and oxygen atoms in total. The summed E-state index contributed by atoms with van der Waals surface area (Å²) in [7, 11) is 0. The molecule has 3 atom stereocenters. The number of fused-ring (bicyclic) bond motifs is 1. The summed E-state index contributed by atoms with van der Waals surface area (Å²) >= 11 is 0. The zero-order valence-corrected chi connectivity index (χ0v) is 14.8. The minimum absolute atomic E-state index is 0.0361. The van der Waals surface area contributed by atoms with E-state index in [9.17, 15) is 31.4 Å². The van der Waals surface area contributed by atoms with Gasteiger partial charge in [0.1, 0.15) is 0 Å². The molecular weight excluding hydrogens is 374 g/mol. The summed E-state index contributed by atoms with van der Waals surface area (Å²) in [5.74, 6) is 3.10. The topological polar surface area (TPSA) is 40.5 Å². The van der Waals surface area contributed by atoms with Gasteiger partial charge in [0.25, 0.3) is 0 Å². The van der Waals surface area contributed by atoms with Gasteiger partial charge in [0.15, 0.2) is 0 Å². The van der Waals surface area contributed by atoms with Crippen molar-refractivity contribution in [3.05, 3.63) is 11.6 Å². The zero-order valence-electron chi connectivity index (χ0n) is 14.8. The van der Waals surface area contributed by atoms with Crippen LogP contribution in [0.1, 0.15) is 51.9 Å². The van der Waals surface area contributed by atoms with E-state index in [0.717, 1.165) is 24.3 Å². The fourth-order valence-electron chi connectivity index (χ4n) is 4.88. The largest absolute Gasteiger partial charge is 0.438 e. The van der Waals surface area contributed by atoms with Crippen LogP contribution in [0.5, 0.6) is 0 Å². The summed E-state index contributed by atoms with van der Waals surface area (Å²) in [5.41, 5.74) is -4.84. The van der Waals surface area contributed by atoms with Gasteiger partial charge in [-0.1, -0.05) is 24.5 Å². The molecule has 8 heteroatoms. The smallest absolute Gasteiger partial charge is 0.393 e. The standard InChI is InChI=1S/C19H22F6O2/c1-15-7-2-4-13(26)12(15)5-6-14(15)16(10-11-16)8-3-9-17(27,18(20,21)22)19(23,24)25/h6,12-13,26-27H,2,4-5,7-8,10-11H2,1H3/t12-,13-,15+/m0/s1. The molecule has 3 aliphatic carbocycles. The molecule has 0 amide bonds. The first-order chi connectivity index (χ1) is 12.3. The number of alkyl halides is 6. The lowest BCUT2D eigenvalue weighted by Crippen LogP contribution is -2.55. The van der Waals surface area contributed by atoms with Gasteiger partial charge in [0, 0.05) is 11.8 Å². The van der Waals surface area contributed by atoms with Crippen molar-refractivity contribution in [1.29, 1.82) is 0 Å². The van der Waals surface area contributed by atoms with Crippen molar-refractivity contribution in [1.82, 2.24) is 0 Å². The highest BCUT2D eigenvalue weighted by Gasteiger charge is 2.70. The van der Waals surface area contributed by atoms with E-state index in [1.165, 1.54) is 0 Å². The maximum absolute atomic E-state index is 12.8. The molecule has 2 fully saturated rings. The highest BCUT2D eigenvalue weighted by Crippen LogP contribution is 2.66. The lowest BCUT2D eigenvalue weighted by atomic mass is 9.62. The molecule has 0 aromatic carbocycles. The minimum Gasteiger partial charge on any atom is -0.393 e. The number of aliphatic hydroxyl groups is 2. The Bertz CT molecular complexity index is 678. The second-order valence-corrected chi connectivity index (χ2v) is 8.30. The molecule has 0 aromatic rings. The summed E-state index contributed by atoms with van der Waals surface area (Å²) < 4.78 is 76.5. The number of hydrogen-bond acceptors (Lipinski definition) is 2. The van der Waals surface area contributed by atoms with Gasteiger partial charge in [-0.05, 0) is 55.8 Å². The summed E-state index contributed by atoms with van der Waals surface area (Å²) in [6, 6.07) is 0. The Morgan fingerprint density at radius 3 is 2.22 bits per heavy atom. The second-order valence-electron chi connectivity index (χ2n) is 8.30. The Morgan fingerprint density at radius 2 is 1.70 bits per heavy atom. The van der Waals surface area contributed by atoms with Crippen molar-refractivity contribution in [2.24, 2.45) is 16.7 Å². The molecule has 0 saturated heterocycles. The van der Waals surface area contributed by atoms with Crippen LogP contribution in [0, 0.1) is 28.6 Å². The fraction of sp³-hybridized carbons (Fsp3) is 0.789. The molecule has 0 unspecified atom stereocenters. The second kappa shape index (κ2) is 6.15. The Kier molecular flexibility index (Phi) is 4.68. The third-order valence-corrected chi connectivity index (χ3v) is 6.61. The monoisotopic (exact) mass is 396 g/mol. The molecule has 0 heterocycles. The van der Waals surface area contributed by atoms with E-state index in [2.05, 4.69) is 0 Å². The maximum atomic E-state index is 12.8. The predicted molar refractivity (Wildman–Crippen MR) is 85.3 cm³/mol. The van der Waals surface area contributed by atoms with Gasteiger partial charge in [-0.3, -0.25) is 0 Å². The van der Waals surface area contributed by atoms with E-state index in [1.54, 1.807) is 0 Å². The van der Waals surface area contributed by atoms with E-state index >= 15 is 0 Å². The van der Waals surface area contributed by atoms with Crippen LogP contribution in [0.15, 0.2) is 11.6 Å². The molecule has 27 heavy (non-hydrogen) atoms. The molecule has 0 aromatic heterocycles. The highest BCUT2D eigenvalue weighted by molar-refractivity contribution is 5.37.